The van der Waals surface area contributed by atoms with E-state index in [4.69, 9.17) is 9.26 Å². The lowest BCUT2D eigenvalue weighted by atomic mass is 9.99. The van der Waals surface area contributed by atoms with E-state index in [0.717, 1.165) is 21.9 Å². The number of hydrogen-bond donors (Lipinski definition) is 3. The van der Waals surface area contributed by atoms with Gasteiger partial charge in [0.2, 0.25) is 11.8 Å². The number of hydrogen-bond acceptors (Lipinski definition) is 7. The highest BCUT2D eigenvalue weighted by atomic mass is 16.6. The zero-order chi connectivity index (χ0) is 33.4. The molecule has 0 saturated carbocycles. The topological polar surface area (TPSA) is 135 Å². The first-order valence-electron chi connectivity index (χ1n) is 15.5. The second kappa shape index (κ2) is 14.7. The molecule has 10 heteroatoms. The fourth-order valence-electron chi connectivity index (χ4n) is 5.14. The van der Waals surface area contributed by atoms with Crippen LogP contribution in [0.25, 0.3) is 10.8 Å². The summed E-state index contributed by atoms with van der Waals surface area (Å²) in [5.74, 6) is -0.0978. The SMILES string of the molecule is Cc1noc(C(Cc2ccccc2)NC(=O)[C@@H](Cc2ccc3ccccc3c2)NC(=O)c2cccc(CNC(=O)OC(C)(C)C)c2)n1. The number of carbonyl (C=O) groups is 3. The van der Waals surface area contributed by atoms with E-state index in [-0.39, 0.29) is 18.9 Å². The molecule has 1 aromatic heterocycles. The van der Waals surface area contributed by atoms with Crippen LogP contribution in [0.4, 0.5) is 4.79 Å². The summed E-state index contributed by atoms with van der Waals surface area (Å²) < 4.78 is 10.8. The lowest BCUT2D eigenvalue weighted by Gasteiger charge is -2.22. The van der Waals surface area contributed by atoms with Crippen molar-refractivity contribution in [3.63, 3.8) is 0 Å². The molecule has 0 aliphatic carbocycles. The monoisotopic (exact) mass is 633 g/mol. The Hall–Kier alpha value is -5.51. The molecular formula is C37H39N5O5. The van der Waals surface area contributed by atoms with Crippen molar-refractivity contribution in [1.82, 2.24) is 26.1 Å². The third-order valence-corrected chi connectivity index (χ3v) is 7.34. The van der Waals surface area contributed by atoms with Crippen LogP contribution in [-0.4, -0.2) is 39.7 Å². The van der Waals surface area contributed by atoms with Crippen molar-refractivity contribution in [2.75, 3.05) is 0 Å². The molecule has 2 atom stereocenters. The van der Waals surface area contributed by atoms with Gasteiger partial charge in [0.1, 0.15) is 17.7 Å². The molecule has 242 valence electrons. The summed E-state index contributed by atoms with van der Waals surface area (Å²) >= 11 is 0. The molecule has 3 N–H and O–H groups in total. The van der Waals surface area contributed by atoms with Crippen molar-refractivity contribution in [1.29, 1.82) is 0 Å². The van der Waals surface area contributed by atoms with E-state index >= 15 is 0 Å². The van der Waals surface area contributed by atoms with Crippen molar-refractivity contribution >= 4 is 28.7 Å². The van der Waals surface area contributed by atoms with E-state index in [1.807, 2.05) is 72.8 Å². The predicted octanol–water partition coefficient (Wildman–Crippen LogP) is 6.00. The van der Waals surface area contributed by atoms with Crippen LogP contribution in [-0.2, 0) is 28.9 Å². The normalized spacial score (nSPS) is 12.6. The Balaban J connectivity index is 1.37. The summed E-state index contributed by atoms with van der Waals surface area (Å²) in [4.78, 5) is 44.2. The van der Waals surface area contributed by atoms with E-state index in [1.165, 1.54) is 0 Å². The van der Waals surface area contributed by atoms with Crippen LogP contribution in [0.1, 0.15) is 65.6 Å². The third kappa shape index (κ3) is 9.49. The minimum atomic E-state index is -0.936. The van der Waals surface area contributed by atoms with Crippen LogP contribution in [0, 0.1) is 6.92 Å². The average Bonchev–Trinajstić information content (AvgIpc) is 3.49. The molecule has 0 aliphatic rings. The fraction of sp³-hybridized carbons (Fsp3) is 0.270. The first-order valence-corrected chi connectivity index (χ1v) is 15.5. The van der Waals surface area contributed by atoms with Gasteiger partial charge in [0.05, 0.1) is 0 Å². The Morgan fingerprint density at radius 3 is 2.23 bits per heavy atom. The first-order chi connectivity index (χ1) is 22.5. The molecule has 1 unspecified atom stereocenters. The Kier molecular flexibility index (Phi) is 10.3. The second-order valence-electron chi connectivity index (χ2n) is 12.4. The molecular weight excluding hydrogens is 594 g/mol. The molecule has 3 amide bonds. The number of carbonyl (C=O) groups excluding carboxylic acids is 3. The summed E-state index contributed by atoms with van der Waals surface area (Å²) in [6.45, 7) is 7.25. The van der Waals surface area contributed by atoms with Gasteiger partial charge in [-0.15, -0.1) is 0 Å². The van der Waals surface area contributed by atoms with Crippen LogP contribution in [0.5, 0.6) is 0 Å². The van der Waals surface area contributed by atoms with E-state index < -0.39 is 35.6 Å². The van der Waals surface area contributed by atoms with Crippen molar-refractivity contribution < 1.29 is 23.6 Å². The van der Waals surface area contributed by atoms with Crippen LogP contribution in [0.2, 0.25) is 0 Å². The largest absolute Gasteiger partial charge is 0.444 e. The number of rotatable bonds is 11. The van der Waals surface area contributed by atoms with E-state index in [9.17, 15) is 14.4 Å². The van der Waals surface area contributed by atoms with Gasteiger partial charge in [-0.3, -0.25) is 9.59 Å². The second-order valence-corrected chi connectivity index (χ2v) is 12.4. The minimum absolute atomic E-state index is 0.168. The molecule has 4 aromatic carbocycles. The van der Waals surface area contributed by atoms with E-state index in [0.29, 0.717) is 23.4 Å². The highest BCUT2D eigenvalue weighted by Crippen LogP contribution is 2.20. The zero-order valence-corrected chi connectivity index (χ0v) is 26.9. The number of ether oxygens (including phenoxy) is 1. The van der Waals surface area contributed by atoms with Crippen LogP contribution in [0.15, 0.2) is 102 Å². The minimum Gasteiger partial charge on any atom is -0.444 e. The molecule has 10 nitrogen and oxygen atoms in total. The number of aromatic nitrogens is 2. The van der Waals surface area contributed by atoms with Gasteiger partial charge in [-0.25, -0.2) is 4.79 Å². The Morgan fingerprint density at radius 2 is 1.51 bits per heavy atom. The molecule has 0 bridgehead atoms. The van der Waals surface area contributed by atoms with Crippen LogP contribution < -0.4 is 16.0 Å². The van der Waals surface area contributed by atoms with Gasteiger partial charge in [-0.2, -0.15) is 4.98 Å². The van der Waals surface area contributed by atoms with Crippen LogP contribution in [0.3, 0.4) is 0 Å². The summed E-state index contributed by atoms with van der Waals surface area (Å²) in [7, 11) is 0. The maximum atomic E-state index is 14.0. The Labute approximate surface area is 273 Å². The Bertz CT molecular complexity index is 1850. The number of alkyl carbamates (subject to hydrolysis) is 1. The number of aryl methyl sites for hydroxylation is 1. The van der Waals surface area contributed by atoms with Crippen molar-refractivity contribution in [3.8, 4) is 0 Å². The maximum Gasteiger partial charge on any atom is 0.407 e. The smallest absolute Gasteiger partial charge is 0.407 e. The predicted molar refractivity (Wildman–Crippen MR) is 178 cm³/mol. The standard InChI is InChI=1S/C37H39N5O5/c1-24-39-35(47-42-24)32(21-25-11-6-5-7-12-25)41-34(44)31(22-26-17-18-28-14-8-9-15-29(28)19-26)40-33(43)30-16-10-13-27(20-30)23-38-36(45)46-37(2,3)4/h5-20,31-32H,21-23H2,1-4H3,(H,38,45)(H,40,43)(H,41,44)/t31-,32?/m1/s1. The van der Waals surface area contributed by atoms with Gasteiger partial charge in [0, 0.05) is 24.9 Å². The van der Waals surface area contributed by atoms with Crippen LogP contribution >= 0.6 is 0 Å². The molecule has 47 heavy (non-hydrogen) atoms. The van der Waals surface area contributed by atoms with E-state index in [2.05, 4.69) is 26.1 Å². The van der Waals surface area contributed by atoms with Gasteiger partial charge in [0.15, 0.2) is 5.82 Å². The highest BCUT2D eigenvalue weighted by Gasteiger charge is 2.28. The van der Waals surface area contributed by atoms with Gasteiger partial charge in [0.25, 0.3) is 5.91 Å². The molecule has 0 aliphatic heterocycles. The summed E-state index contributed by atoms with van der Waals surface area (Å²) in [6, 6.07) is 29.0. The third-order valence-electron chi connectivity index (χ3n) is 7.34. The van der Waals surface area contributed by atoms with Crippen molar-refractivity contribution in [2.45, 2.75) is 64.8 Å². The van der Waals surface area contributed by atoms with Gasteiger partial charge in [-0.05, 0) is 67.3 Å². The average molecular weight is 634 g/mol. The summed E-state index contributed by atoms with van der Waals surface area (Å²) in [6.07, 6.45) is 0.0989. The molecule has 0 spiro atoms. The molecule has 0 radical (unpaired) electrons. The summed E-state index contributed by atoms with van der Waals surface area (Å²) in [5.41, 5.74) is 2.27. The molecule has 1 heterocycles. The molecule has 0 saturated heterocycles. The number of nitrogens with one attached hydrogen (secondary N) is 3. The lowest BCUT2D eigenvalue weighted by molar-refractivity contribution is -0.123. The summed E-state index contributed by atoms with van der Waals surface area (Å²) in [5, 5.41) is 14.8. The maximum absolute atomic E-state index is 14.0. The molecule has 0 fully saturated rings. The van der Waals surface area contributed by atoms with Gasteiger partial charge >= 0.3 is 6.09 Å². The zero-order valence-electron chi connectivity index (χ0n) is 26.9. The van der Waals surface area contributed by atoms with Gasteiger partial charge in [-0.1, -0.05) is 90.1 Å². The molecule has 5 aromatic rings. The first kappa shape index (κ1) is 32.9. The quantitative estimate of drug-likeness (QED) is 0.162. The van der Waals surface area contributed by atoms with Crippen molar-refractivity contribution in [3.05, 3.63) is 131 Å². The van der Waals surface area contributed by atoms with E-state index in [1.54, 1.807) is 52.0 Å². The number of fused-ring (bicyclic) bond motifs is 1. The number of nitrogens with zero attached hydrogens (tertiary/aromatic N) is 2. The van der Waals surface area contributed by atoms with Gasteiger partial charge < -0.3 is 25.2 Å². The highest BCUT2D eigenvalue weighted by molar-refractivity contribution is 5.98. The Morgan fingerprint density at radius 1 is 0.787 bits per heavy atom. The fourth-order valence-corrected chi connectivity index (χ4v) is 5.14. The number of amides is 3. The molecule has 5 rings (SSSR count). The van der Waals surface area contributed by atoms with Crippen molar-refractivity contribution in [2.24, 2.45) is 0 Å². The lowest BCUT2D eigenvalue weighted by Crippen LogP contribution is -2.49. The number of benzene rings is 4.